The van der Waals surface area contributed by atoms with E-state index in [0.717, 1.165) is 21.9 Å². The Kier molecular flexibility index (Phi) is 7.78. The van der Waals surface area contributed by atoms with Crippen LogP contribution in [0.1, 0.15) is 54.7 Å². The van der Waals surface area contributed by atoms with E-state index < -0.39 is 5.56 Å². The molecule has 0 aliphatic carbocycles. The van der Waals surface area contributed by atoms with E-state index in [-0.39, 0.29) is 11.9 Å². The second-order valence-electron chi connectivity index (χ2n) is 8.72. The van der Waals surface area contributed by atoms with Crippen molar-refractivity contribution in [3.63, 3.8) is 0 Å². The number of aryl methyl sites for hydroxylation is 1. The molecule has 0 saturated heterocycles. The summed E-state index contributed by atoms with van der Waals surface area (Å²) in [6.45, 7) is 5.91. The van der Waals surface area contributed by atoms with Crippen LogP contribution in [0.15, 0.2) is 59.4 Å². The summed E-state index contributed by atoms with van der Waals surface area (Å²) in [4.78, 5) is 42.4. The minimum Gasteiger partial charge on any atom is -0.493 e. The van der Waals surface area contributed by atoms with E-state index in [1.807, 2.05) is 55.5 Å². The minimum atomic E-state index is -0.422. The van der Waals surface area contributed by atoms with Crippen LogP contribution in [-0.4, -0.2) is 34.6 Å². The number of carbonyl (C=O) groups is 2. The van der Waals surface area contributed by atoms with Crippen molar-refractivity contribution in [1.29, 1.82) is 0 Å². The molecule has 0 aliphatic heterocycles. The number of hydrogen-bond donors (Lipinski definition) is 0. The summed E-state index contributed by atoms with van der Waals surface area (Å²) in [6.07, 6.45) is 1.99. The molecule has 36 heavy (non-hydrogen) atoms. The van der Waals surface area contributed by atoms with Gasteiger partial charge in [-0.1, -0.05) is 48.5 Å². The van der Waals surface area contributed by atoms with Gasteiger partial charge in [0.25, 0.3) is 5.56 Å². The molecule has 0 amide bonds. The summed E-state index contributed by atoms with van der Waals surface area (Å²) in [5, 5.41) is 1.65. The zero-order chi connectivity index (χ0) is 25.7. The van der Waals surface area contributed by atoms with Crippen LogP contribution in [0, 0.1) is 6.92 Å². The molecule has 0 bridgehead atoms. The van der Waals surface area contributed by atoms with Crippen LogP contribution in [0.2, 0.25) is 0 Å². The Morgan fingerprint density at radius 2 is 1.72 bits per heavy atom. The molecule has 7 nitrogen and oxygen atoms in total. The maximum Gasteiger partial charge on any atom is 0.305 e. The largest absolute Gasteiger partial charge is 0.493 e. The second-order valence-corrected chi connectivity index (χ2v) is 8.72. The monoisotopic (exact) mass is 486 g/mol. The lowest BCUT2D eigenvalue weighted by atomic mass is 10.0. The molecule has 0 aliphatic rings. The Morgan fingerprint density at radius 3 is 2.44 bits per heavy atom. The fourth-order valence-electron chi connectivity index (χ4n) is 4.34. The van der Waals surface area contributed by atoms with Crippen molar-refractivity contribution in [3.05, 3.63) is 81.8 Å². The number of nitrogens with zero attached hydrogens (tertiary/aromatic N) is 2. The third-order valence-corrected chi connectivity index (χ3v) is 6.17. The molecule has 7 heteroatoms. The van der Waals surface area contributed by atoms with Crippen molar-refractivity contribution in [1.82, 2.24) is 9.55 Å². The van der Waals surface area contributed by atoms with E-state index in [1.54, 1.807) is 13.0 Å². The Bertz CT molecular complexity index is 1490. The van der Waals surface area contributed by atoms with Crippen LogP contribution in [0.25, 0.3) is 21.8 Å². The van der Waals surface area contributed by atoms with Crippen molar-refractivity contribution in [2.24, 2.45) is 0 Å². The second kappa shape index (κ2) is 11.2. The maximum atomic E-state index is 13.4. The number of unbranched alkanes of at least 4 members (excludes halogenated alkanes) is 1. The number of esters is 1. The molecule has 0 fully saturated rings. The van der Waals surface area contributed by atoms with Gasteiger partial charge in [-0.25, -0.2) is 9.55 Å². The van der Waals surface area contributed by atoms with Crippen molar-refractivity contribution < 1.29 is 19.1 Å². The first-order valence-electron chi connectivity index (χ1n) is 12.2. The summed E-state index contributed by atoms with van der Waals surface area (Å²) in [5.41, 5.74) is 2.95. The van der Waals surface area contributed by atoms with E-state index >= 15 is 0 Å². The summed E-state index contributed by atoms with van der Waals surface area (Å²) in [7, 11) is 0. The van der Waals surface area contributed by atoms with Crippen LogP contribution in [0.3, 0.4) is 0 Å². The molecule has 1 aromatic heterocycles. The predicted molar refractivity (Wildman–Crippen MR) is 140 cm³/mol. The molecule has 0 unspecified atom stereocenters. The lowest BCUT2D eigenvalue weighted by Gasteiger charge is -2.15. The standard InChI is InChI=1S/C29H30N2O5/c1-4-35-27(33)15-9-10-16-36-26-18-25-28(23-14-8-7-13-22(23)26)30-24(29(34)31(25)20(3)32)17-21-12-6-5-11-19(21)2/h5-8,11-14,18H,4,9-10,15-17H2,1-3H3. The first kappa shape index (κ1) is 25.1. The topological polar surface area (TPSA) is 87.5 Å². The Morgan fingerprint density at radius 1 is 1.00 bits per heavy atom. The van der Waals surface area contributed by atoms with Gasteiger partial charge in [-0.2, -0.15) is 0 Å². The van der Waals surface area contributed by atoms with Crippen molar-refractivity contribution in [2.45, 2.75) is 46.5 Å². The Balaban J connectivity index is 1.74. The van der Waals surface area contributed by atoms with Crippen LogP contribution in [-0.2, 0) is 16.0 Å². The van der Waals surface area contributed by atoms with Gasteiger partial charge in [-0.05, 0) is 37.8 Å². The van der Waals surface area contributed by atoms with Gasteiger partial charge in [-0.3, -0.25) is 14.4 Å². The highest BCUT2D eigenvalue weighted by Crippen LogP contribution is 2.32. The number of ether oxygens (including phenoxy) is 2. The van der Waals surface area contributed by atoms with Gasteiger partial charge in [0.2, 0.25) is 5.91 Å². The third kappa shape index (κ3) is 5.30. The quantitative estimate of drug-likeness (QED) is 0.183. The van der Waals surface area contributed by atoms with Crippen molar-refractivity contribution in [2.75, 3.05) is 13.2 Å². The van der Waals surface area contributed by atoms with Crippen LogP contribution in [0.4, 0.5) is 0 Å². The molecule has 0 atom stereocenters. The molecule has 4 rings (SSSR count). The van der Waals surface area contributed by atoms with Crippen molar-refractivity contribution in [3.8, 4) is 5.75 Å². The fraction of sp³-hybridized carbons (Fsp3) is 0.310. The normalized spacial score (nSPS) is 11.1. The molecule has 1 heterocycles. The summed E-state index contributed by atoms with van der Waals surface area (Å²) < 4.78 is 12.2. The number of carbonyl (C=O) groups excluding carboxylic acids is 2. The molecule has 0 radical (unpaired) electrons. The van der Waals surface area contributed by atoms with Gasteiger partial charge in [0.15, 0.2) is 0 Å². The van der Waals surface area contributed by atoms with E-state index in [2.05, 4.69) is 0 Å². The summed E-state index contributed by atoms with van der Waals surface area (Å²) in [6, 6.07) is 17.2. The lowest BCUT2D eigenvalue weighted by molar-refractivity contribution is -0.143. The number of aromatic nitrogens is 2. The third-order valence-electron chi connectivity index (χ3n) is 6.17. The van der Waals surface area contributed by atoms with Crippen LogP contribution < -0.4 is 10.3 Å². The van der Waals surface area contributed by atoms with Crippen LogP contribution in [0.5, 0.6) is 5.75 Å². The van der Waals surface area contributed by atoms with E-state index in [4.69, 9.17) is 14.5 Å². The van der Waals surface area contributed by atoms with Gasteiger partial charge in [-0.15, -0.1) is 0 Å². The smallest absolute Gasteiger partial charge is 0.305 e. The summed E-state index contributed by atoms with van der Waals surface area (Å²) in [5.74, 6) is -0.0297. The SMILES string of the molecule is CCOC(=O)CCCCOc1cc2c(nc(Cc3ccccc3C)c(=O)n2C(C)=O)c2ccccc12. The van der Waals surface area contributed by atoms with Gasteiger partial charge in [0.1, 0.15) is 11.4 Å². The molecule has 0 N–H and O–H groups in total. The number of benzene rings is 3. The zero-order valence-corrected chi connectivity index (χ0v) is 20.9. The van der Waals surface area contributed by atoms with E-state index in [9.17, 15) is 14.4 Å². The highest BCUT2D eigenvalue weighted by Gasteiger charge is 2.19. The molecule has 4 aromatic rings. The van der Waals surface area contributed by atoms with E-state index in [0.29, 0.717) is 61.4 Å². The fourth-order valence-corrected chi connectivity index (χ4v) is 4.34. The van der Waals surface area contributed by atoms with Gasteiger partial charge >= 0.3 is 5.97 Å². The highest BCUT2D eigenvalue weighted by atomic mass is 16.5. The highest BCUT2D eigenvalue weighted by molar-refractivity contribution is 6.08. The lowest BCUT2D eigenvalue weighted by Crippen LogP contribution is -2.29. The molecular weight excluding hydrogens is 456 g/mol. The van der Waals surface area contributed by atoms with Gasteiger partial charge in [0.05, 0.1) is 24.2 Å². The minimum absolute atomic E-state index is 0.216. The van der Waals surface area contributed by atoms with Gasteiger partial charge < -0.3 is 9.47 Å². The summed E-state index contributed by atoms with van der Waals surface area (Å²) >= 11 is 0. The molecule has 3 aromatic carbocycles. The molecular formula is C29H30N2O5. The molecule has 0 spiro atoms. The van der Waals surface area contributed by atoms with Crippen LogP contribution >= 0.6 is 0 Å². The number of hydrogen-bond acceptors (Lipinski definition) is 6. The average Bonchev–Trinajstić information content (AvgIpc) is 2.86. The average molecular weight is 487 g/mol. The van der Waals surface area contributed by atoms with Gasteiger partial charge in [0, 0.05) is 36.6 Å². The molecule has 186 valence electrons. The zero-order valence-electron chi connectivity index (χ0n) is 20.9. The Labute approximate surface area is 209 Å². The predicted octanol–water partition coefficient (Wildman–Crippen LogP) is 5.22. The van der Waals surface area contributed by atoms with E-state index in [1.165, 1.54) is 11.5 Å². The number of fused-ring (bicyclic) bond motifs is 3. The number of rotatable bonds is 9. The Hall–Kier alpha value is -4.00. The first-order valence-corrected chi connectivity index (χ1v) is 12.2. The molecule has 0 saturated carbocycles. The first-order chi connectivity index (χ1) is 17.4. The maximum absolute atomic E-state index is 13.4. The van der Waals surface area contributed by atoms with Crippen molar-refractivity contribution >= 4 is 33.7 Å².